The first-order valence-corrected chi connectivity index (χ1v) is 4.92. The average Bonchev–Trinajstić information content (AvgIpc) is 2.14. The van der Waals surface area contributed by atoms with Gasteiger partial charge in [-0.3, -0.25) is 4.79 Å². The number of carbonyl (C=O) groups excluding carboxylic acids is 1. The molecular weight excluding hydrogens is 222 g/mol. The molecule has 0 aliphatic rings. The van der Waals surface area contributed by atoms with Crippen LogP contribution in [0.1, 0.15) is 20.3 Å². The first-order chi connectivity index (χ1) is 7.38. The van der Waals surface area contributed by atoms with E-state index in [1.165, 1.54) is 4.90 Å². The van der Waals surface area contributed by atoms with Gasteiger partial charge in [-0.2, -0.15) is 0 Å². The average molecular weight is 238 g/mol. The Hall–Kier alpha value is -1.40. The number of rotatable bonds is 6. The van der Waals surface area contributed by atoms with Crippen molar-refractivity contribution in [1.29, 1.82) is 0 Å². The van der Waals surface area contributed by atoms with Crippen LogP contribution >= 0.6 is 0 Å². The number of amides is 2. The third-order valence-corrected chi connectivity index (χ3v) is 2.01. The fraction of sp³-hybridized carbons (Fsp3) is 0.778. The van der Waals surface area contributed by atoms with Crippen molar-refractivity contribution in [2.45, 2.75) is 32.7 Å². The van der Waals surface area contributed by atoms with E-state index in [9.17, 15) is 18.4 Å². The summed E-state index contributed by atoms with van der Waals surface area (Å²) >= 11 is 0. The van der Waals surface area contributed by atoms with Crippen LogP contribution in [-0.2, 0) is 4.79 Å². The molecule has 0 rings (SSSR count). The quantitative estimate of drug-likeness (QED) is 0.729. The molecule has 0 aliphatic carbocycles. The van der Waals surface area contributed by atoms with E-state index >= 15 is 0 Å². The Morgan fingerprint density at radius 3 is 2.38 bits per heavy atom. The van der Waals surface area contributed by atoms with E-state index in [0.29, 0.717) is 0 Å². The third kappa shape index (κ3) is 5.47. The molecule has 1 unspecified atom stereocenters. The molecule has 0 aromatic rings. The summed E-state index contributed by atoms with van der Waals surface area (Å²) in [6, 6.07) is -1.20. The molecule has 0 heterocycles. The largest absolute Gasteiger partial charge is 0.481 e. The van der Waals surface area contributed by atoms with Crippen LogP contribution in [0.3, 0.4) is 0 Å². The van der Waals surface area contributed by atoms with Crippen molar-refractivity contribution in [2.75, 3.05) is 13.1 Å². The maximum Gasteiger partial charge on any atom is 0.317 e. The summed E-state index contributed by atoms with van der Waals surface area (Å²) in [4.78, 5) is 23.0. The monoisotopic (exact) mass is 238 g/mol. The Balaban J connectivity index is 4.24. The van der Waals surface area contributed by atoms with Crippen LogP contribution in [0.25, 0.3) is 0 Å². The molecule has 0 radical (unpaired) electrons. The Kier molecular flexibility index (Phi) is 6.36. The number of nitrogens with zero attached hydrogens (tertiary/aromatic N) is 1. The smallest absolute Gasteiger partial charge is 0.317 e. The van der Waals surface area contributed by atoms with Crippen LogP contribution in [0.2, 0.25) is 0 Å². The minimum atomic E-state index is -2.61. The first kappa shape index (κ1) is 14.6. The molecule has 5 nitrogen and oxygen atoms in total. The van der Waals surface area contributed by atoms with E-state index in [0.717, 1.165) is 0 Å². The molecule has 0 aromatic carbocycles. The van der Waals surface area contributed by atoms with Gasteiger partial charge in [-0.25, -0.2) is 13.6 Å². The van der Waals surface area contributed by atoms with Gasteiger partial charge in [-0.1, -0.05) is 0 Å². The summed E-state index contributed by atoms with van der Waals surface area (Å²) in [5.74, 6) is -1.03. The van der Waals surface area contributed by atoms with Crippen molar-refractivity contribution in [3.63, 3.8) is 0 Å². The molecule has 94 valence electrons. The van der Waals surface area contributed by atoms with Crippen molar-refractivity contribution < 1.29 is 23.5 Å². The van der Waals surface area contributed by atoms with E-state index in [-0.39, 0.29) is 13.0 Å². The molecule has 1 atom stereocenters. The highest BCUT2D eigenvalue weighted by Gasteiger charge is 2.21. The Morgan fingerprint density at radius 1 is 1.44 bits per heavy atom. The highest BCUT2D eigenvalue weighted by Crippen LogP contribution is 2.04. The summed E-state index contributed by atoms with van der Waals surface area (Å²) in [6.07, 6.45) is -2.83. The summed E-state index contributed by atoms with van der Waals surface area (Å²) in [5, 5.41) is 10.6. The summed E-state index contributed by atoms with van der Waals surface area (Å²) in [6.45, 7) is 2.75. The molecule has 2 N–H and O–H groups in total. The lowest BCUT2D eigenvalue weighted by molar-refractivity contribution is -0.138. The number of carbonyl (C=O) groups is 2. The predicted molar refractivity (Wildman–Crippen MR) is 53.5 cm³/mol. The van der Waals surface area contributed by atoms with Gasteiger partial charge in [0.05, 0.1) is 13.0 Å². The molecule has 0 bridgehead atoms. The maximum atomic E-state index is 11.8. The third-order valence-electron chi connectivity index (χ3n) is 2.01. The number of carboxylic acids is 1. The van der Waals surface area contributed by atoms with E-state index < -0.39 is 31.0 Å². The number of hydrogen-bond donors (Lipinski definition) is 2. The number of hydrogen-bond acceptors (Lipinski definition) is 2. The molecule has 0 aliphatic heterocycles. The van der Waals surface area contributed by atoms with Crippen LogP contribution < -0.4 is 5.32 Å². The van der Waals surface area contributed by atoms with Gasteiger partial charge >= 0.3 is 12.0 Å². The van der Waals surface area contributed by atoms with E-state index in [1.807, 2.05) is 5.32 Å². The number of nitrogens with one attached hydrogen (secondary N) is 1. The van der Waals surface area contributed by atoms with Gasteiger partial charge in [-0.15, -0.1) is 0 Å². The van der Waals surface area contributed by atoms with Crippen LogP contribution in [-0.4, -0.2) is 47.6 Å². The van der Waals surface area contributed by atoms with E-state index in [1.54, 1.807) is 13.8 Å². The van der Waals surface area contributed by atoms with Crippen LogP contribution in [0.5, 0.6) is 0 Å². The fourth-order valence-electron chi connectivity index (χ4n) is 1.28. The van der Waals surface area contributed by atoms with Crippen LogP contribution in [0.15, 0.2) is 0 Å². The molecule has 0 saturated heterocycles. The van der Waals surface area contributed by atoms with Gasteiger partial charge in [0.15, 0.2) is 0 Å². The van der Waals surface area contributed by atoms with Gasteiger partial charge in [0.2, 0.25) is 0 Å². The zero-order chi connectivity index (χ0) is 12.7. The topological polar surface area (TPSA) is 69.6 Å². The van der Waals surface area contributed by atoms with Crippen molar-refractivity contribution in [3.8, 4) is 0 Å². The lowest BCUT2D eigenvalue weighted by Gasteiger charge is -2.27. The SMILES string of the molecule is CCN(C(=O)NCC(F)F)C(C)CC(=O)O. The number of carboxylic acid groups (broad SMARTS) is 1. The number of aliphatic carboxylic acids is 1. The molecule has 7 heteroatoms. The van der Waals surface area contributed by atoms with Gasteiger partial charge in [0.25, 0.3) is 6.43 Å². The van der Waals surface area contributed by atoms with Crippen molar-refractivity contribution >= 4 is 12.0 Å². The number of halogens is 2. The predicted octanol–water partition coefficient (Wildman–Crippen LogP) is 1.15. The minimum Gasteiger partial charge on any atom is -0.481 e. The standard InChI is InChI=1S/C9H16F2N2O3/c1-3-13(6(2)4-8(14)15)9(16)12-5-7(10)11/h6-7H,3-5H2,1-2H3,(H,12,16)(H,14,15). The molecular formula is C9H16F2N2O3. The van der Waals surface area contributed by atoms with Crippen LogP contribution in [0, 0.1) is 0 Å². The molecule has 2 amide bonds. The highest BCUT2D eigenvalue weighted by molar-refractivity contribution is 5.75. The Bertz CT molecular complexity index is 249. The summed E-state index contributed by atoms with van der Waals surface area (Å²) < 4.78 is 23.7. The molecule has 0 aromatic heterocycles. The van der Waals surface area contributed by atoms with Gasteiger partial charge in [-0.05, 0) is 13.8 Å². The van der Waals surface area contributed by atoms with Crippen molar-refractivity contribution in [1.82, 2.24) is 10.2 Å². The molecule has 0 fully saturated rings. The second kappa shape index (κ2) is 6.97. The molecule has 0 spiro atoms. The number of alkyl halides is 2. The Labute approximate surface area is 92.4 Å². The normalized spacial score (nSPS) is 12.3. The second-order valence-electron chi connectivity index (χ2n) is 3.31. The summed E-state index contributed by atoms with van der Waals surface area (Å²) in [7, 11) is 0. The van der Waals surface area contributed by atoms with Crippen molar-refractivity contribution in [3.05, 3.63) is 0 Å². The first-order valence-electron chi connectivity index (χ1n) is 4.92. The lowest BCUT2D eigenvalue weighted by atomic mass is 10.2. The maximum absolute atomic E-state index is 11.8. The van der Waals surface area contributed by atoms with Crippen molar-refractivity contribution in [2.24, 2.45) is 0 Å². The van der Waals surface area contributed by atoms with Gasteiger partial charge in [0.1, 0.15) is 0 Å². The molecule has 0 saturated carbocycles. The minimum absolute atomic E-state index is 0.212. The fourth-order valence-corrected chi connectivity index (χ4v) is 1.28. The highest BCUT2D eigenvalue weighted by atomic mass is 19.3. The Morgan fingerprint density at radius 2 is 2.00 bits per heavy atom. The summed E-state index contributed by atoms with van der Waals surface area (Å²) in [5.41, 5.74) is 0. The molecule has 16 heavy (non-hydrogen) atoms. The zero-order valence-electron chi connectivity index (χ0n) is 9.24. The number of urea groups is 1. The van der Waals surface area contributed by atoms with Crippen LogP contribution in [0.4, 0.5) is 13.6 Å². The lowest BCUT2D eigenvalue weighted by Crippen LogP contribution is -2.46. The van der Waals surface area contributed by atoms with E-state index in [4.69, 9.17) is 5.11 Å². The zero-order valence-corrected chi connectivity index (χ0v) is 9.24. The van der Waals surface area contributed by atoms with E-state index in [2.05, 4.69) is 0 Å². The van der Waals surface area contributed by atoms with Gasteiger partial charge in [0, 0.05) is 12.6 Å². The van der Waals surface area contributed by atoms with Gasteiger partial charge < -0.3 is 15.3 Å². The second-order valence-corrected chi connectivity index (χ2v) is 3.31.